The van der Waals surface area contributed by atoms with Crippen molar-refractivity contribution in [2.45, 2.75) is 43.5 Å². The van der Waals surface area contributed by atoms with Crippen LogP contribution in [0, 0.1) is 5.92 Å². The fourth-order valence-corrected chi connectivity index (χ4v) is 3.20. The van der Waals surface area contributed by atoms with Gasteiger partial charge in [0.1, 0.15) is 0 Å². The summed E-state index contributed by atoms with van der Waals surface area (Å²) in [6, 6.07) is -0.150. The molecule has 90 valence electrons. The van der Waals surface area contributed by atoms with Crippen molar-refractivity contribution in [1.29, 1.82) is 0 Å². The maximum absolute atomic E-state index is 12.1. The summed E-state index contributed by atoms with van der Waals surface area (Å²) in [6.07, 6.45) is 3.58. The van der Waals surface area contributed by atoms with E-state index in [1.165, 1.54) is 4.90 Å². The van der Waals surface area contributed by atoms with Crippen LogP contribution in [0.4, 0.5) is 4.79 Å². The predicted molar refractivity (Wildman–Crippen MR) is 64.4 cm³/mol. The number of urea groups is 1. The number of nitrogens with zero attached hydrogens (tertiary/aromatic N) is 1. The Hall–Kier alpha value is -0.580. The highest BCUT2D eigenvalue weighted by Gasteiger charge is 2.43. The summed E-state index contributed by atoms with van der Waals surface area (Å²) < 4.78 is 0. The molecule has 0 aromatic heterocycles. The van der Waals surface area contributed by atoms with Crippen LogP contribution in [0.5, 0.6) is 0 Å². The fourth-order valence-electron chi connectivity index (χ4n) is 2.54. The number of carbonyl (C=O) groups is 2. The molecule has 1 aliphatic heterocycles. The molecule has 16 heavy (non-hydrogen) atoms. The summed E-state index contributed by atoms with van der Waals surface area (Å²) in [4.78, 5) is 25.6. The lowest BCUT2D eigenvalue weighted by molar-refractivity contribution is -0.136. The molecular weight excluding hydrogens is 272 g/mol. The molecule has 0 aromatic carbocycles. The van der Waals surface area contributed by atoms with E-state index < -0.39 is 0 Å². The van der Waals surface area contributed by atoms with Crippen molar-refractivity contribution >= 4 is 27.9 Å². The van der Waals surface area contributed by atoms with Crippen LogP contribution in [0.2, 0.25) is 0 Å². The Morgan fingerprint density at radius 3 is 2.88 bits per heavy atom. The van der Waals surface area contributed by atoms with Gasteiger partial charge in [0.15, 0.2) is 0 Å². The van der Waals surface area contributed by atoms with Gasteiger partial charge in [-0.1, -0.05) is 22.9 Å². The Labute approximate surface area is 104 Å². The lowest BCUT2D eigenvalue weighted by Gasteiger charge is -2.41. The summed E-state index contributed by atoms with van der Waals surface area (Å²) in [5.41, 5.74) is 0. The Kier molecular flexibility index (Phi) is 3.52. The van der Waals surface area contributed by atoms with Crippen LogP contribution in [0.1, 0.15) is 32.6 Å². The smallest absolute Gasteiger partial charge is 0.324 e. The van der Waals surface area contributed by atoms with Crippen molar-refractivity contribution in [3.05, 3.63) is 0 Å². The second kappa shape index (κ2) is 4.73. The highest BCUT2D eigenvalue weighted by atomic mass is 79.9. The van der Waals surface area contributed by atoms with E-state index in [1.54, 1.807) is 0 Å². The van der Waals surface area contributed by atoms with Crippen LogP contribution in [0.25, 0.3) is 0 Å². The lowest BCUT2D eigenvalue weighted by Crippen LogP contribution is -2.61. The molecule has 3 amide bonds. The minimum absolute atomic E-state index is 0.0137. The van der Waals surface area contributed by atoms with Crippen LogP contribution in [-0.4, -0.2) is 34.3 Å². The number of rotatable bonds is 2. The van der Waals surface area contributed by atoms with E-state index >= 15 is 0 Å². The first-order chi connectivity index (χ1) is 7.63. The molecule has 1 aliphatic carbocycles. The Morgan fingerprint density at radius 1 is 1.44 bits per heavy atom. The van der Waals surface area contributed by atoms with Gasteiger partial charge >= 0.3 is 6.03 Å². The molecule has 1 saturated heterocycles. The fraction of sp³-hybridized carbons (Fsp3) is 0.818. The van der Waals surface area contributed by atoms with Gasteiger partial charge in [0, 0.05) is 17.4 Å². The zero-order chi connectivity index (χ0) is 11.7. The van der Waals surface area contributed by atoms with E-state index in [0.29, 0.717) is 11.4 Å². The third-order valence-electron chi connectivity index (χ3n) is 3.37. The summed E-state index contributed by atoms with van der Waals surface area (Å²) in [6.45, 7) is 2.50. The Bertz CT molecular complexity index is 308. The number of amides is 3. The highest BCUT2D eigenvalue weighted by Crippen LogP contribution is 2.32. The van der Waals surface area contributed by atoms with Gasteiger partial charge in [-0.3, -0.25) is 9.69 Å². The van der Waals surface area contributed by atoms with E-state index in [9.17, 15) is 9.59 Å². The average molecular weight is 289 g/mol. The third kappa shape index (κ3) is 2.10. The van der Waals surface area contributed by atoms with Gasteiger partial charge < -0.3 is 5.32 Å². The second-order valence-corrected chi connectivity index (χ2v) is 5.86. The van der Waals surface area contributed by atoms with E-state index in [-0.39, 0.29) is 23.9 Å². The van der Waals surface area contributed by atoms with Gasteiger partial charge in [-0.2, -0.15) is 0 Å². The summed E-state index contributed by atoms with van der Waals surface area (Å²) in [5.74, 6) is -0.0119. The number of alkyl halides is 1. The summed E-state index contributed by atoms with van der Waals surface area (Å²) in [7, 11) is 0. The molecule has 3 atom stereocenters. The first kappa shape index (κ1) is 11.9. The van der Waals surface area contributed by atoms with Gasteiger partial charge in [-0.25, -0.2) is 4.79 Å². The molecule has 2 rings (SSSR count). The van der Waals surface area contributed by atoms with Gasteiger partial charge in [0.05, 0.1) is 5.92 Å². The first-order valence-electron chi connectivity index (χ1n) is 5.89. The summed E-state index contributed by atoms with van der Waals surface area (Å²) in [5, 5.41) is 2.95. The molecule has 1 saturated carbocycles. The Morgan fingerprint density at radius 2 is 2.19 bits per heavy atom. The van der Waals surface area contributed by atoms with Gasteiger partial charge in [-0.05, 0) is 25.7 Å². The standard InChI is InChI=1S/C11H17BrN2O2/c1-2-5-14-10(15)8-6-7(12)3-4-9(8)13-11(14)16/h7-9H,2-6H2,1H3,(H,13,16). The largest absolute Gasteiger partial charge is 0.334 e. The molecule has 2 aliphatic rings. The number of nitrogens with one attached hydrogen (secondary N) is 1. The zero-order valence-electron chi connectivity index (χ0n) is 9.41. The molecule has 5 heteroatoms. The van der Waals surface area contributed by atoms with Crippen LogP contribution < -0.4 is 5.32 Å². The first-order valence-corrected chi connectivity index (χ1v) is 6.81. The summed E-state index contributed by atoms with van der Waals surface area (Å²) >= 11 is 3.57. The molecule has 0 spiro atoms. The number of halogens is 1. The molecule has 2 fully saturated rings. The van der Waals surface area contributed by atoms with Gasteiger partial charge in [0.2, 0.25) is 5.91 Å². The van der Waals surface area contributed by atoms with Crippen molar-refractivity contribution in [2.75, 3.05) is 6.54 Å². The quantitative estimate of drug-likeness (QED) is 0.789. The molecule has 0 radical (unpaired) electrons. The molecule has 1 heterocycles. The molecule has 0 bridgehead atoms. The minimum atomic E-state index is -0.207. The molecule has 4 nitrogen and oxygen atoms in total. The number of fused-ring (bicyclic) bond motifs is 1. The Balaban J connectivity index is 2.12. The number of hydrogen-bond acceptors (Lipinski definition) is 2. The van der Waals surface area contributed by atoms with Crippen LogP contribution in [0.3, 0.4) is 0 Å². The van der Waals surface area contributed by atoms with Crippen molar-refractivity contribution in [2.24, 2.45) is 5.92 Å². The number of carbonyl (C=O) groups excluding carboxylic acids is 2. The molecule has 0 aromatic rings. The zero-order valence-corrected chi connectivity index (χ0v) is 11.0. The molecule has 1 N–H and O–H groups in total. The van der Waals surface area contributed by atoms with E-state index in [4.69, 9.17) is 0 Å². The van der Waals surface area contributed by atoms with Crippen molar-refractivity contribution in [3.63, 3.8) is 0 Å². The highest BCUT2D eigenvalue weighted by molar-refractivity contribution is 9.09. The van der Waals surface area contributed by atoms with Crippen LogP contribution >= 0.6 is 15.9 Å². The number of hydrogen-bond donors (Lipinski definition) is 1. The van der Waals surface area contributed by atoms with Crippen LogP contribution in [0.15, 0.2) is 0 Å². The van der Waals surface area contributed by atoms with Crippen molar-refractivity contribution < 1.29 is 9.59 Å². The second-order valence-electron chi connectivity index (χ2n) is 4.56. The lowest BCUT2D eigenvalue weighted by atomic mass is 9.82. The maximum Gasteiger partial charge on any atom is 0.324 e. The number of imide groups is 1. The SMILES string of the molecule is CCCN1C(=O)NC2CCC(Br)CC2C1=O. The predicted octanol–water partition coefficient (Wildman–Crippen LogP) is 1.88. The topological polar surface area (TPSA) is 49.4 Å². The molecule has 3 unspecified atom stereocenters. The third-order valence-corrected chi connectivity index (χ3v) is 4.20. The van der Waals surface area contributed by atoms with Crippen LogP contribution in [-0.2, 0) is 4.79 Å². The van der Waals surface area contributed by atoms with Gasteiger partial charge in [-0.15, -0.1) is 0 Å². The van der Waals surface area contributed by atoms with E-state index in [1.807, 2.05) is 6.92 Å². The average Bonchev–Trinajstić information content (AvgIpc) is 2.26. The van der Waals surface area contributed by atoms with E-state index in [0.717, 1.165) is 25.7 Å². The molecular formula is C11H17BrN2O2. The maximum atomic E-state index is 12.1. The monoisotopic (exact) mass is 288 g/mol. The van der Waals surface area contributed by atoms with Crippen molar-refractivity contribution in [1.82, 2.24) is 10.2 Å². The van der Waals surface area contributed by atoms with Crippen molar-refractivity contribution in [3.8, 4) is 0 Å². The van der Waals surface area contributed by atoms with Gasteiger partial charge in [0.25, 0.3) is 0 Å². The minimum Gasteiger partial charge on any atom is -0.334 e. The normalized spacial score (nSPS) is 34.6. The van der Waals surface area contributed by atoms with E-state index in [2.05, 4.69) is 21.2 Å².